The smallest absolute Gasteiger partial charge is 0.264 e. The Morgan fingerprint density at radius 1 is 1.05 bits per heavy atom. The number of amides is 1. The molecule has 2 aromatic carbocycles. The second-order valence-corrected chi connectivity index (χ2v) is 10.5. The van der Waals surface area contributed by atoms with Gasteiger partial charge in [-0.15, -0.1) is 0 Å². The topological polar surface area (TPSA) is 104 Å². The molecule has 2 N–H and O–H groups in total. The molecule has 0 saturated carbocycles. The van der Waals surface area contributed by atoms with Crippen molar-refractivity contribution >= 4 is 17.3 Å². The SMILES string of the molecule is CCCCc1[nH]c(=O)c(C(=O)N2CCC=C(CC3=Nc4ccccc4C3)CC2)c(O)c1-c1c(OC)cccc1OC. The molecular formula is C33H37N3O5. The molecule has 0 spiro atoms. The Hall–Kier alpha value is -4.33. The van der Waals surface area contributed by atoms with E-state index >= 15 is 0 Å². The molecule has 2 aliphatic rings. The number of nitrogens with one attached hydrogen (secondary N) is 1. The number of aliphatic imine (C=N–C) groups is 1. The van der Waals surface area contributed by atoms with E-state index in [1.165, 1.54) is 25.4 Å². The molecule has 0 saturated heterocycles. The highest BCUT2D eigenvalue weighted by atomic mass is 16.5. The van der Waals surface area contributed by atoms with E-state index in [1.807, 2.05) is 18.2 Å². The normalized spacial score (nSPS) is 14.7. The second-order valence-electron chi connectivity index (χ2n) is 10.5. The minimum absolute atomic E-state index is 0.257. The summed E-state index contributed by atoms with van der Waals surface area (Å²) in [5, 5.41) is 11.6. The van der Waals surface area contributed by atoms with Gasteiger partial charge in [0.15, 0.2) is 0 Å². The third-order valence-electron chi connectivity index (χ3n) is 7.86. The van der Waals surface area contributed by atoms with E-state index in [9.17, 15) is 14.7 Å². The zero-order valence-electron chi connectivity index (χ0n) is 24.0. The van der Waals surface area contributed by atoms with Crippen LogP contribution in [0.2, 0.25) is 0 Å². The fourth-order valence-corrected chi connectivity index (χ4v) is 5.75. The number of ether oxygens (including phenoxy) is 2. The van der Waals surface area contributed by atoms with Crippen molar-refractivity contribution in [2.75, 3.05) is 27.3 Å². The predicted molar refractivity (Wildman–Crippen MR) is 161 cm³/mol. The van der Waals surface area contributed by atoms with E-state index < -0.39 is 11.5 Å². The first kappa shape index (κ1) is 28.2. The summed E-state index contributed by atoms with van der Waals surface area (Å²) in [5.74, 6) is 0.121. The minimum atomic E-state index is -0.591. The fraction of sp³-hybridized carbons (Fsp3) is 0.364. The zero-order valence-corrected chi connectivity index (χ0v) is 24.0. The molecule has 8 heteroatoms. The Balaban J connectivity index is 1.42. The van der Waals surface area contributed by atoms with E-state index in [2.05, 4.69) is 24.1 Å². The number of H-pyrrole nitrogens is 1. The summed E-state index contributed by atoms with van der Waals surface area (Å²) < 4.78 is 11.2. The number of aryl methyl sites for hydroxylation is 1. The van der Waals surface area contributed by atoms with Crippen molar-refractivity contribution in [3.63, 3.8) is 0 Å². The number of carbonyl (C=O) groups is 1. The minimum Gasteiger partial charge on any atom is -0.506 e. The number of fused-ring (bicyclic) bond motifs is 1. The van der Waals surface area contributed by atoms with Gasteiger partial charge in [-0.05, 0) is 49.4 Å². The number of hydrogen-bond acceptors (Lipinski definition) is 6. The van der Waals surface area contributed by atoms with Crippen molar-refractivity contribution in [2.24, 2.45) is 4.99 Å². The van der Waals surface area contributed by atoms with E-state index in [4.69, 9.17) is 14.5 Å². The number of benzene rings is 2. The van der Waals surface area contributed by atoms with Crippen LogP contribution in [0.25, 0.3) is 11.1 Å². The van der Waals surface area contributed by atoms with Crippen molar-refractivity contribution in [3.8, 4) is 28.4 Å². The summed E-state index contributed by atoms with van der Waals surface area (Å²) in [7, 11) is 3.08. The molecule has 2 aliphatic heterocycles. The van der Waals surface area contributed by atoms with Gasteiger partial charge in [-0.3, -0.25) is 14.6 Å². The first-order chi connectivity index (χ1) is 19.9. The number of rotatable bonds is 9. The number of pyridine rings is 1. The molecule has 214 valence electrons. The van der Waals surface area contributed by atoms with Gasteiger partial charge in [0.25, 0.3) is 11.5 Å². The first-order valence-electron chi connectivity index (χ1n) is 14.3. The zero-order chi connectivity index (χ0) is 28.9. The van der Waals surface area contributed by atoms with Gasteiger partial charge in [0.05, 0.1) is 31.0 Å². The van der Waals surface area contributed by atoms with Crippen molar-refractivity contribution in [2.45, 2.75) is 51.9 Å². The van der Waals surface area contributed by atoms with Crippen molar-refractivity contribution < 1.29 is 19.4 Å². The third-order valence-corrected chi connectivity index (χ3v) is 7.86. The van der Waals surface area contributed by atoms with Crippen molar-refractivity contribution in [3.05, 3.63) is 81.3 Å². The molecule has 1 aromatic heterocycles. The Morgan fingerprint density at radius 2 is 1.80 bits per heavy atom. The second kappa shape index (κ2) is 12.5. The average molecular weight is 556 g/mol. The van der Waals surface area contributed by atoms with Gasteiger partial charge in [0.2, 0.25) is 0 Å². The molecule has 0 aliphatic carbocycles. The largest absolute Gasteiger partial charge is 0.506 e. The lowest BCUT2D eigenvalue weighted by atomic mass is 9.95. The van der Waals surface area contributed by atoms with Gasteiger partial charge >= 0.3 is 0 Å². The summed E-state index contributed by atoms with van der Waals surface area (Å²) in [6.07, 6.45) is 7.36. The van der Waals surface area contributed by atoms with Gasteiger partial charge in [-0.2, -0.15) is 0 Å². The molecule has 3 heterocycles. The number of carbonyl (C=O) groups excluding carboxylic acids is 1. The highest BCUT2D eigenvalue weighted by Gasteiger charge is 2.30. The monoisotopic (exact) mass is 555 g/mol. The van der Waals surface area contributed by atoms with Gasteiger partial charge in [-0.1, -0.05) is 49.3 Å². The summed E-state index contributed by atoms with van der Waals surface area (Å²) in [4.78, 5) is 36.6. The molecule has 8 nitrogen and oxygen atoms in total. The van der Waals surface area contributed by atoms with Crippen molar-refractivity contribution in [1.29, 1.82) is 0 Å². The number of para-hydroxylation sites is 1. The van der Waals surface area contributed by atoms with Crippen LogP contribution in [0.5, 0.6) is 17.2 Å². The van der Waals surface area contributed by atoms with Gasteiger partial charge < -0.3 is 24.5 Å². The third kappa shape index (κ3) is 5.78. The van der Waals surface area contributed by atoms with E-state index in [-0.39, 0.29) is 11.3 Å². The number of aromatic hydroxyl groups is 1. The van der Waals surface area contributed by atoms with Crippen LogP contribution in [-0.2, 0) is 12.8 Å². The highest BCUT2D eigenvalue weighted by molar-refractivity contribution is 6.00. The molecule has 41 heavy (non-hydrogen) atoms. The molecule has 0 bridgehead atoms. The molecule has 0 atom stereocenters. The lowest BCUT2D eigenvalue weighted by Gasteiger charge is -2.23. The standard InChI is InChI=1S/C33H37N3O5/c1-4-5-12-25-28(29-26(40-2)14-8-15-27(29)41-3)31(37)30(32(38)35-25)33(39)36-17-9-10-21(16-18-36)19-23-20-22-11-6-7-13-24(22)34-23/h6-8,10-11,13-15H,4-5,9,12,16-20H2,1-3H3,(H2,35,37,38). The van der Waals surface area contributed by atoms with E-state index in [0.717, 1.165) is 37.1 Å². The highest BCUT2D eigenvalue weighted by Crippen LogP contribution is 2.45. The number of nitrogens with zero attached hydrogens (tertiary/aromatic N) is 2. The fourth-order valence-electron chi connectivity index (χ4n) is 5.75. The lowest BCUT2D eigenvalue weighted by molar-refractivity contribution is 0.0758. The maximum Gasteiger partial charge on any atom is 0.264 e. The number of methoxy groups -OCH3 is 2. The van der Waals surface area contributed by atoms with Gasteiger partial charge in [-0.25, -0.2) is 0 Å². The maximum absolute atomic E-state index is 13.8. The number of hydrogen-bond donors (Lipinski definition) is 2. The van der Waals surface area contributed by atoms with Gasteiger partial charge in [0, 0.05) is 37.3 Å². The van der Waals surface area contributed by atoms with Crippen LogP contribution in [-0.4, -0.2) is 53.9 Å². The summed E-state index contributed by atoms with van der Waals surface area (Å²) in [6, 6.07) is 13.5. The van der Waals surface area contributed by atoms with Gasteiger partial charge in [0.1, 0.15) is 22.8 Å². The Morgan fingerprint density at radius 3 is 2.51 bits per heavy atom. The molecule has 1 amide bonds. The summed E-state index contributed by atoms with van der Waals surface area (Å²) in [5.41, 5.74) is 5.21. The van der Waals surface area contributed by atoms with Crippen LogP contribution in [0.1, 0.15) is 60.6 Å². The first-order valence-corrected chi connectivity index (χ1v) is 14.3. The van der Waals surface area contributed by atoms with E-state index in [0.29, 0.717) is 60.7 Å². The lowest BCUT2D eigenvalue weighted by Crippen LogP contribution is -2.36. The van der Waals surface area contributed by atoms with Crippen molar-refractivity contribution in [1.82, 2.24) is 9.88 Å². The predicted octanol–water partition coefficient (Wildman–Crippen LogP) is 5.99. The van der Waals surface area contributed by atoms with Crippen LogP contribution >= 0.6 is 0 Å². The Kier molecular flexibility index (Phi) is 8.57. The number of aromatic nitrogens is 1. The number of unbranched alkanes of at least 4 members (excludes halogenated alkanes) is 1. The number of aromatic amines is 1. The summed E-state index contributed by atoms with van der Waals surface area (Å²) in [6.45, 7) is 2.96. The average Bonchev–Trinajstić information content (AvgIpc) is 3.24. The molecular weight excluding hydrogens is 518 g/mol. The molecule has 0 fully saturated rings. The van der Waals surface area contributed by atoms with Crippen LogP contribution in [0, 0.1) is 0 Å². The Labute approximate surface area is 240 Å². The molecule has 3 aromatic rings. The maximum atomic E-state index is 13.8. The molecule has 0 unspecified atom stereocenters. The van der Waals surface area contributed by atoms with Crippen LogP contribution in [0.15, 0.2) is 63.9 Å². The Bertz CT molecular complexity index is 1550. The van der Waals surface area contributed by atoms with Crippen LogP contribution in [0.4, 0.5) is 5.69 Å². The molecule has 5 rings (SSSR count). The quantitative estimate of drug-likeness (QED) is 0.316. The van der Waals surface area contributed by atoms with Crippen LogP contribution < -0.4 is 15.0 Å². The van der Waals surface area contributed by atoms with E-state index in [1.54, 1.807) is 23.1 Å². The molecule has 0 radical (unpaired) electrons. The summed E-state index contributed by atoms with van der Waals surface area (Å²) >= 11 is 0. The van der Waals surface area contributed by atoms with Crippen LogP contribution in [0.3, 0.4) is 0 Å².